The van der Waals surface area contributed by atoms with E-state index in [-0.39, 0.29) is 12.4 Å². The Morgan fingerprint density at radius 2 is 2.21 bits per heavy atom. The molecule has 0 bridgehead atoms. The Labute approximate surface area is 92.3 Å². The van der Waals surface area contributed by atoms with Crippen LogP contribution in [0.25, 0.3) is 0 Å². The first kappa shape index (κ1) is 13.5. The topological polar surface area (TPSA) is 29.9 Å². The number of nitrogens with one attached hydrogen (secondary N) is 1. The molecule has 1 N–H and O–H groups in total. The van der Waals surface area contributed by atoms with E-state index >= 15 is 0 Å². The van der Waals surface area contributed by atoms with Crippen LogP contribution in [0.5, 0.6) is 0 Å². The fourth-order valence-corrected chi connectivity index (χ4v) is 1.28. The SMILES string of the molecule is CCn1nccc1CNCC(C)C.Cl. The maximum atomic E-state index is 4.21. The third kappa shape index (κ3) is 4.11. The first-order valence-corrected chi connectivity index (χ1v) is 4.95. The van der Waals surface area contributed by atoms with Crippen LogP contribution in [0.1, 0.15) is 26.5 Å². The molecule has 1 aromatic rings. The van der Waals surface area contributed by atoms with E-state index in [9.17, 15) is 0 Å². The van der Waals surface area contributed by atoms with Gasteiger partial charge in [0.25, 0.3) is 0 Å². The lowest BCUT2D eigenvalue weighted by Gasteiger charge is -2.08. The Morgan fingerprint density at radius 3 is 2.79 bits per heavy atom. The molecule has 1 heterocycles. The average molecular weight is 218 g/mol. The second-order valence-electron chi connectivity index (χ2n) is 3.66. The van der Waals surface area contributed by atoms with Gasteiger partial charge in [-0.15, -0.1) is 12.4 Å². The van der Waals surface area contributed by atoms with E-state index in [2.05, 4.69) is 37.3 Å². The lowest BCUT2D eigenvalue weighted by Crippen LogP contribution is -2.20. The highest BCUT2D eigenvalue weighted by molar-refractivity contribution is 5.85. The van der Waals surface area contributed by atoms with Crippen LogP contribution >= 0.6 is 12.4 Å². The Morgan fingerprint density at radius 1 is 1.50 bits per heavy atom. The molecule has 1 aromatic heterocycles. The predicted octanol–water partition coefficient (Wildman–Crippen LogP) is 2.07. The third-order valence-electron chi connectivity index (χ3n) is 1.96. The van der Waals surface area contributed by atoms with E-state index in [0.717, 1.165) is 19.6 Å². The van der Waals surface area contributed by atoms with Crippen molar-refractivity contribution in [3.05, 3.63) is 18.0 Å². The van der Waals surface area contributed by atoms with E-state index < -0.39 is 0 Å². The van der Waals surface area contributed by atoms with E-state index in [4.69, 9.17) is 0 Å². The number of aromatic nitrogens is 2. The van der Waals surface area contributed by atoms with Crippen LogP contribution in [-0.4, -0.2) is 16.3 Å². The lowest BCUT2D eigenvalue weighted by molar-refractivity contribution is 0.525. The molecule has 0 aliphatic heterocycles. The number of nitrogens with zero attached hydrogens (tertiary/aromatic N) is 2. The monoisotopic (exact) mass is 217 g/mol. The van der Waals surface area contributed by atoms with Crippen LogP contribution in [0.3, 0.4) is 0 Å². The van der Waals surface area contributed by atoms with Gasteiger partial charge in [-0.25, -0.2) is 0 Å². The summed E-state index contributed by atoms with van der Waals surface area (Å²) < 4.78 is 2.02. The Hall–Kier alpha value is -0.540. The van der Waals surface area contributed by atoms with Crippen molar-refractivity contribution in [2.45, 2.75) is 33.9 Å². The van der Waals surface area contributed by atoms with Crippen LogP contribution in [0.4, 0.5) is 0 Å². The zero-order valence-electron chi connectivity index (χ0n) is 9.16. The molecule has 82 valence electrons. The molecule has 1 rings (SSSR count). The zero-order chi connectivity index (χ0) is 9.68. The van der Waals surface area contributed by atoms with Crippen LogP contribution in [0.2, 0.25) is 0 Å². The highest BCUT2D eigenvalue weighted by atomic mass is 35.5. The second-order valence-corrected chi connectivity index (χ2v) is 3.66. The number of aryl methyl sites for hydroxylation is 1. The molecule has 3 nitrogen and oxygen atoms in total. The predicted molar refractivity (Wildman–Crippen MR) is 61.7 cm³/mol. The van der Waals surface area contributed by atoms with Gasteiger partial charge >= 0.3 is 0 Å². The highest BCUT2D eigenvalue weighted by Gasteiger charge is 1.99. The molecule has 0 aliphatic carbocycles. The first-order chi connectivity index (χ1) is 6.24. The minimum absolute atomic E-state index is 0. The third-order valence-corrected chi connectivity index (χ3v) is 1.96. The molecule has 0 saturated heterocycles. The molecular formula is C10H20ClN3. The van der Waals surface area contributed by atoms with Gasteiger partial charge in [0.15, 0.2) is 0 Å². The van der Waals surface area contributed by atoms with Crippen molar-refractivity contribution in [1.82, 2.24) is 15.1 Å². The Kier molecular flexibility index (Phi) is 6.58. The van der Waals surface area contributed by atoms with Gasteiger partial charge in [0.05, 0.1) is 5.69 Å². The van der Waals surface area contributed by atoms with Gasteiger partial charge in [-0.3, -0.25) is 4.68 Å². The molecule has 0 aromatic carbocycles. The number of hydrogen-bond donors (Lipinski definition) is 1. The number of hydrogen-bond acceptors (Lipinski definition) is 2. The van der Waals surface area contributed by atoms with Crippen LogP contribution in [0, 0.1) is 5.92 Å². The summed E-state index contributed by atoms with van der Waals surface area (Å²) in [6.07, 6.45) is 1.86. The van der Waals surface area contributed by atoms with E-state index in [0.29, 0.717) is 5.92 Å². The van der Waals surface area contributed by atoms with Gasteiger partial charge in [-0.05, 0) is 25.5 Å². The van der Waals surface area contributed by atoms with Crippen molar-refractivity contribution in [1.29, 1.82) is 0 Å². The van der Waals surface area contributed by atoms with Crippen LogP contribution in [-0.2, 0) is 13.1 Å². The molecule has 0 spiro atoms. The summed E-state index contributed by atoms with van der Waals surface area (Å²) in [6.45, 7) is 9.47. The average Bonchev–Trinajstić information content (AvgIpc) is 2.51. The van der Waals surface area contributed by atoms with E-state index in [1.54, 1.807) is 0 Å². The normalized spacial score (nSPS) is 10.3. The van der Waals surface area contributed by atoms with Gasteiger partial charge in [0.1, 0.15) is 0 Å². The maximum absolute atomic E-state index is 4.21. The number of halogens is 1. The molecule has 0 aliphatic rings. The summed E-state index contributed by atoms with van der Waals surface area (Å²) in [7, 11) is 0. The minimum atomic E-state index is 0. The molecule has 0 radical (unpaired) electrons. The van der Waals surface area contributed by atoms with E-state index in [1.807, 2.05) is 10.9 Å². The molecule has 0 unspecified atom stereocenters. The van der Waals surface area contributed by atoms with Gasteiger partial charge in [0.2, 0.25) is 0 Å². The van der Waals surface area contributed by atoms with Crippen molar-refractivity contribution >= 4 is 12.4 Å². The summed E-state index contributed by atoms with van der Waals surface area (Å²) >= 11 is 0. The van der Waals surface area contributed by atoms with Crippen molar-refractivity contribution in [2.75, 3.05) is 6.54 Å². The molecular weight excluding hydrogens is 198 g/mol. The number of rotatable bonds is 5. The van der Waals surface area contributed by atoms with Gasteiger partial charge < -0.3 is 5.32 Å². The summed E-state index contributed by atoms with van der Waals surface area (Å²) in [5.41, 5.74) is 1.27. The van der Waals surface area contributed by atoms with Gasteiger partial charge in [0, 0.05) is 19.3 Å². The summed E-state index contributed by atoms with van der Waals surface area (Å²) in [5, 5.41) is 7.61. The van der Waals surface area contributed by atoms with Crippen molar-refractivity contribution in [3.63, 3.8) is 0 Å². The minimum Gasteiger partial charge on any atom is -0.311 e. The largest absolute Gasteiger partial charge is 0.311 e. The highest BCUT2D eigenvalue weighted by Crippen LogP contribution is 1.98. The molecule has 0 amide bonds. The Balaban J connectivity index is 0.00000169. The van der Waals surface area contributed by atoms with Gasteiger partial charge in [-0.1, -0.05) is 13.8 Å². The summed E-state index contributed by atoms with van der Waals surface area (Å²) in [5.74, 6) is 0.706. The molecule has 14 heavy (non-hydrogen) atoms. The van der Waals surface area contributed by atoms with Crippen molar-refractivity contribution in [3.8, 4) is 0 Å². The zero-order valence-corrected chi connectivity index (χ0v) is 9.97. The molecule has 0 saturated carbocycles. The lowest BCUT2D eigenvalue weighted by atomic mass is 10.2. The maximum Gasteiger partial charge on any atom is 0.0521 e. The summed E-state index contributed by atoms with van der Waals surface area (Å²) in [6, 6.07) is 2.07. The fraction of sp³-hybridized carbons (Fsp3) is 0.700. The molecule has 0 atom stereocenters. The standard InChI is InChI=1S/C10H19N3.ClH/c1-4-13-10(5-6-12-13)8-11-7-9(2)3;/h5-6,9,11H,4,7-8H2,1-3H3;1H. The van der Waals surface area contributed by atoms with Crippen LogP contribution in [0.15, 0.2) is 12.3 Å². The quantitative estimate of drug-likeness (QED) is 0.819. The van der Waals surface area contributed by atoms with Crippen molar-refractivity contribution in [2.24, 2.45) is 5.92 Å². The molecule has 4 heteroatoms. The fourth-order valence-electron chi connectivity index (χ4n) is 1.28. The first-order valence-electron chi connectivity index (χ1n) is 4.95. The van der Waals surface area contributed by atoms with Crippen molar-refractivity contribution < 1.29 is 0 Å². The summed E-state index contributed by atoms with van der Waals surface area (Å²) in [4.78, 5) is 0. The second kappa shape index (κ2) is 6.85. The molecule has 0 fully saturated rings. The smallest absolute Gasteiger partial charge is 0.0521 e. The van der Waals surface area contributed by atoms with Crippen LogP contribution < -0.4 is 5.32 Å². The Bertz CT molecular complexity index is 245. The van der Waals surface area contributed by atoms with E-state index in [1.165, 1.54) is 5.69 Å². The van der Waals surface area contributed by atoms with Gasteiger partial charge in [-0.2, -0.15) is 5.10 Å².